The molecular weight excluding hydrogens is 224 g/mol. The van der Waals surface area contributed by atoms with Gasteiger partial charge in [-0.25, -0.2) is 0 Å². The minimum absolute atomic E-state index is 0.645. The lowest BCUT2D eigenvalue weighted by Crippen LogP contribution is -2.53. The molecule has 4 heteroatoms. The molecular formula is C14H20N4. The average molecular weight is 244 g/mol. The predicted octanol–water partition coefficient (Wildman–Crippen LogP) is 1.05. The maximum atomic E-state index is 8.94. The van der Waals surface area contributed by atoms with Gasteiger partial charge in [0.25, 0.3) is 0 Å². The average Bonchev–Trinajstić information content (AvgIpc) is 2.40. The van der Waals surface area contributed by atoms with E-state index in [9.17, 15) is 0 Å². The highest BCUT2D eigenvalue weighted by Gasteiger charge is 2.24. The Hall–Kier alpha value is -1.57. The van der Waals surface area contributed by atoms with Crippen molar-refractivity contribution in [2.24, 2.45) is 5.73 Å². The number of nitrogens with two attached hydrogens (primary N) is 1. The summed E-state index contributed by atoms with van der Waals surface area (Å²) < 4.78 is 0. The smallest absolute Gasteiger partial charge is 0.114 e. The van der Waals surface area contributed by atoms with Gasteiger partial charge in [-0.2, -0.15) is 5.26 Å². The molecule has 1 aliphatic rings. The summed E-state index contributed by atoms with van der Waals surface area (Å²) in [4.78, 5) is 4.64. The van der Waals surface area contributed by atoms with Crippen LogP contribution < -0.4 is 10.6 Å². The summed E-state index contributed by atoms with van der Waals surface area (Å²) in [7, 11) is 0. The van der Waals surface area contributed by atoms with Gasteiger partial charge in [0.1, 0.15) is 5.54 Å². The van der Waals surface area contributed by atoms with E-state index in [4.69, 9.17) is 11.0 Å². The third kappa shape index (κ3) is 3.22. The number of nitriles is 1. The number of hydrogen-bond donors (Lipinski definition) is 1. The van der Waals surface area contributed by atoms with E-state index in [1.807, 2.05) is 6.07 Å². The second-order valence-corrected chi connectivity index (χ2v) is 5.13. The molecule has 1 saturated heterocycles. The van der Waals surface area contributed by atoms with Gasteiger partial charge in [-0.15, -0.1) is 0 Å². The Kier molecular flexibility index (Phi) is 3.85. The Labute approximate surface area is 109 Å². The van der Waals surface area contributed by atoms with E-state index in [1.54, 1.807) is 6.92 Å². The molecule has 0 bridgehead atoms. The molecule has 0 spiro atoms. The third-order valence-electron chi connectivity index (χ3n) is 3.30. The van der Waals surface area contributed by atoms with Gasteiger partial charge in [-0.3, -0.25) is 4.90 Å². The van der Waals surface area contributed by atoms with E-state index >= 15 is 0 Å². The Morgan fingerprint density at radius 1 is 1.22 bits per heavy atom. The van der Waals surface area contributed by atoms with Crippen LogP contribution in [-0.4, -0.2) is 43.2 Å². The van der Waals surface area contributed by atoms with Gasteiger partial charge in [-0.1, -0.05) is 18.2 Å². The van der Waals surface area contributed by atoms with Crippen LogP contribution in [0.2, 0.25) is 0 Å². The number of hydrogen-bond acceptors (Lipinski definition) is 4. The van der Waals surface area contributed by atoms with Gasteiger partial charge in [0.15, 0.2) is 0 Å². The zero-order valence-corrected chi connectivity index (χ0v) is 10.8. The normalized spacial score (nSPS) is 20.2. The van der Waals surface area contributed by atoms with Crippen LogP contribution in [0.15, 0.2) is 30.3 Å². The van der Waals surface area contributed by atoms with Gasteiger partial charge >= 0.3 is 0 Å². The zero-order chi connectivity index (χ0) is 13.0. The summed E-state index contributed by atoms with van der Waals surface area (Å²) in [6, 6.07) is 12.6. The van der Waals surface area contributed by atoms with Crippen molar-refractivity contribution in [2.45, 2.75) is 12.5 Å². The molecule has 0 radical (unpaired) electrons. The summed E-state index contributed by atoms with van der Waals surface area (Å²) >= 11 is 0. The van der Waals surface area contributed by atoms with Crippen LogP contribution in [0.25, 0.3) is 0 Å². The van der Waals surface area contributed by atoms with Crippen LogP contribution in [0.5, 0.6) is 0 Å². The molecule has 1 aromatic carbocycles. The van der Waals surface area contributed by atoms with E-state index in [1.165, 1.54) is 5.69 Å². The number of para-hydroxylation sites is 1. The summed E-state index contributed by atoms with van der Waals surface area (Å²) in [5.41, 5.74) is 6.41. The molecule has 0 aliphatic carbocycles. The molecule has 2 rings (SSSR count). The highest BCUT2D eigenvalue weighted by atomic mass is 15.3. The molecule has 1 aromatic rings. The van der Waals surface area contributed by atoms with Gasteiger partial charge < -0.3 is 10.6 Å². The molecule has 1 aliphatic heterocycles. The summed E-state index contributed by atoms with van der Waals surface area (Å²) in [6.45, 7) is 6.34. The van der Waals surface area contributed by atoms with Crippen molar-refractivity contribution >= 4 is 5.69 Å². The summed E-state index contributed by atoms with van der Waals surface area (Å²) in [5, 5.41) is 8.94. The standard InChI is InChI=1S/C14H20N4/c1-14(16,11-15)12-17-7-9-18(10-8-17)13-5-3-2-4-6-13/h2-6H,7-10,12,16H2,1H3. The third-order valence-corrected chi connectivity index (χ3v) is 3.30. The minimum atomic E-state index is -0.741. The van der Waals surface area contributed by atoms with Crippen molar-refractivity contribution in [3.63, 3.8) is 0 Å². The molecule has 0 amide bonds. The lowest BCUT2D eigenvalue weighted by molar-refractivity contribution is 0.228. The number of nitrogens with zero attached hydrogens (tertiary/aromatic N) is 3. The Morgan fingerprint density at radius 3 is 2.39 bits per heavy atom. The first-order chi connectivity index (χ1) is 8.61. The number of benzene rings is 1. The van der Waals surface area contributed by atoms with Crippen LogP contribution in [0.1, 0.15) is 6.92 Å². The first-order valence-corrected chi connectivity index (χ1v) is 6.33. The van der Waals surface area contributed by atoms with Crippen molar-refractivity contribution in [1.29, 1.82) is 5.26 Å². The molecule has 2 N–H and O–H groups in total. The Bertz CT molecular complexity index is 413. The summed E-state index contributed by atoms with van der Waals surface area (Å²) in [6.07, 6.45) is 0. The lowest BCUT2D eigenvalue weighted by Gasteiger charge is -2.38. The summed E-state index contributed by atoms with van der Waals surface area (Å²) in [5.74, 6) is 0. The van der Waals surface area contributed by atoms with Crippen LogP contribution in [0.4, 0.5) is 5.69 Å². The van der Waals surface area contributed by atoms with Gasteiger partial charge in [-0.05, 0) is 19.1 Å². The van der Waals surface area contributed by atoms with E-state index in [0.29, 0.717) is 6.54 Å². The zero-order valence-electron chi connectivity index (χ0n) is 10.8. The fraction of sp³-hybridized carbons (Fsp3) is 0.500. The molecule has 0 saturated carbocycles. The SMILES string of the molecule is CC(N)(C#N)CN1CCN(c2ccccc2)CC1. The van der Waals surface area contributed by atoms with Crippen molar-refractivity contribution in [2.75, 3.05) is 37.6 Å². The molecule has 96 valence electrons. The topological polar surface area (TPSA) is 56.3 Å². The van der Waals surface area contributed by atoms with E-state index < -0.39 is 5.54 Å². The minimum Gasteiger partial charge on any atom is -0.369 e. The highest BCUT2D eigenvalue weighted by Crippen LogP contribution is 2.16. The van der Waals surface area contributed by atoms with E-state index in [-0.39, 0.29) is 0 Å². The second kappa shape index (κ2) is 5.38. The first-order valence-electron chi connectivity index (χ1n) is 6.33. The predicted molar refractivity (Wildman–Crippen MR) is 73.3 cm³/mol. The molecule has 18 heavy (non-hydrogen) atoms. The Balaban J connectivity index is 1.88. The van der Waals surface area contributed by atoms with Crippen molar-refractivity contribution < 1.29 is 0 Å². The van der Waals surface area contributed by atoms with Crippen molar-refractivity contribution in [1.82, 2.24) is 4.90 Å². The number of piperazine rings is 1. The van der Waals surface area contributed by atoms with E-state index in [2.05, 4.69) is 40.1 Å². The first kappa shape index (κ1) is 12.9. The highest BCUT2D eigenvalue weighted by molar-refractivity contribution is 5.46. The molecule has 1 heterocycles. The molecule has 0 aromatic heterocycles. The van der Waals surface area contributed by atoms with Crippen LogP contribution in [-0.2, 0) is 0 Å². The lowest BCUT2D eigenvalue weighted by atomic mass is 10.1. The molecule has 4 nitrogen and oxygen atoms in total. The van der Waals surface area contributed by atoms with Crippen LogP contribution >= 0.6 is 0 Å². The van der Waals surface area contributed by atoms with Gasteiger partial charge in [0.05, 0.1) is 6.07 Å². The van der Waals surface area contributed by atoms with Crippen molar-refractivity contribution in [3.05, 3.63) is 30.3 Å². The molecule has 1 atom stereocenters. The second-order valence-electron chi connectivity index (χ2n) is 5.13. The quantitative estimate of drug-likeness (QED) is 0.863. The molecule has 1 fully saturated rings. The largest absolute Gasteiger partial charge is 0.369 e. The van der Waals surface area contributed by atoms with Gasteiger partial charge in [0, 0.05) is 38.4 Å². The fourth-order valence-electron chi connectivity index (χ4n) is 2.30. The number of anilines is 1. The Morgan fingerprint density at radius 2 is 1.83 bits per heavy atom. The van der Waals surface area contributed by atoms with Crippen LogP contribution in [0, 0.1) is 11.3 Å². The number of rotatable bonds is 3. The fourth-order valence-corrected chi connectivity index (χ4v) is 2.30. The van der Waals surface area contributed by atoms with Gasteiger partial charge in [0.2, 0.25) is 0 Å². The maximum absolute atomic E-state index is 8.94. The van der Waals surface area contributed by atoms with Crippen molar-refractivity contribution in [3.8, 4) is 6.07 Å². The van der Waals surface area contributed by atoms with E-state index in [0.717, 1.165) is 26.2 Å². The maximum Gasteiger partial charge on any atom is 0.114 e. The van der Waals surface area contributed by atoms with Crippen LogP contribution in [0.3, 0.4) is 0 Å². The monoisotopic (exact) mass is 244 g/mol. The molecule has 1 unspecified atom stereocenters.